The maximum atomic E-state index is 13.9. The lowest BCUT2D eigenvalue weighted by Crippen LogP contribution is -2.29. The van der Waals surface area contributed by atoms with Gasteiger partial charge in [0.05, 0.1) is 12.3 Å². The Balaban J connectivity index is 3.07. The Morgan fingerprint density at radius 1 is 1.47 bits per heavy atom. The third kappa shape index (κ3) is 3.41. The summed E-state index contributed by atoms with van der Waals surface area (Å²) in [6.07, 6.45) is 0. The second-order valence-corrected chi connectivity index (χ2v) is 4.04. The number of likely N-dealkylation sites (N-methyl/N-ethyl adjacent to an activating group) is 1. The minimum absolute atomic E-state index is 0.183. The molecule has 1 aromatic carbocycles. The molecule has 3 nitrogen and oxygen atoms in total. The number of anilines is 1. The third-order valence-corrected chi connectivity index (χ3v) is 2.77. The third-order valence-electron chi connectivity index (χ3n) is 2.77. The van der Waals surface area contributed by atoms with Crippen LogP contribution in [0.15, 0.2) is 18.2 Å². The fourth-order valence-electron chi connectivity index (χ4n) is 1.86. The lowest BCUT2D eigenvalue weighted by atomic mass is 10.1. The second-order valence-electron chi connectivity index (χ2n) is 4.04. The summed E-state index contributed by atoms with van der Waals surface area (Å²) in [4.78, 5) is 1.96. The SMILES string of the molecule is CCN(CCOC)c1c(F)cccc1[C@@H](C)N. The van der Waals surface area contributed by atoms with Crippen LogP contribution in [0.25, 0.3) is 0 Å². The van der Waals surface area contributed by atoms with Crippen molar-refractivity contribution in [2.45, 2.75) is 19.9 Å². The van der Waals surface area contributed by atoms with Crippen molar-refractivity contribution < 1.29 is 9.13 Å². The summed E-state index contributed by atoms with van der Waals surface area (Å²) in [7, 11) is 1.64. The van der Waals surface area contributed by atoms with Gasteiger partial charge < -0.3 is 15.4 Å². The van der Waals surface area contributed by atoms with Crippen molar-refractivity contribution in [1.29, 1.82) is 0 Å². The van der Waals surface area contributed by atoms with Gasteiger partial charge in [-0.15, -0.1) is 0 Å². The van der Waals surface area contributed by atoms with Gasteiger partial charge in [-0.1, -0.05) is 12.1 Å². The molecule has 0 unspecified atom stereocenters. The molecule has 0 heterocycles. The Morgan fingerprint density at radius 3 is 2.71 bits per heavy atom. The summed E-state index contributed by atoms with van der Waals surface area (Å²) < 4.78 is 19.0. The standard InChI is InChI=1S/C13H21FN2O/c1-4-16(8-9-17-3)13-11(10(2)15)6-5-7-12(13)14/h5-7,10H,4,8-9,15H2,1-3H3/t10-/m1/s1. The van der Waals surface area contributed by atoms with Gasteiger partial charge in [-0.05, 0) is 25.5 Å². The van der Waals surface area contributed by atoms with E-state index in [-0.39, 0.29) is 11.9 Å². The molecule has 4 heteroatoms. The minimum atomic E-state index is -0.224. The van der Waals surface area contributed by atoms with Gasteiger partial charge in [0.2, 0.25) is 0 Å². The van der Waals surface area contributed by atoms with E-state index in [1.165, 1.54) is 6.07 Å². The van der Waals surface area contributed by atoms with Crippen molar-refractivity contribution in [3.05, 3.63) is 29.6 Å². The average Bonchev–Trinajstić information content (AvgIpc) is 2.31. The van der Waals surface area contributed by atoms with E-state index in [9.17, 15) is 4.39 Å². The van der Waals surface area contributed by atoms with E-state index in [1.807, 2.05) is 24.8 Å². The summed E-state index contributed by atoms with van der Waals surface area (Å²) in [6, 6.07) is 4.86. The molecule has 0 aliphatic carbocycles. The molecule has 0 saturated carbocycles. The highest BCUT2D eigenvalue weighted by molar-refractivity contribution is 5.56. The Hall–Kier alpha value is -1.13. The Labute approximate surface area is 102 Å². The Bertz CT molecular complexity index is 355. The molecule has 1 aromatic rings. The van der Waals surface area contributed by atoms with Crippen LogP contribution in [-0.4, -0.2) is 26.8 Å². The zero-order valence-corrected chi connectivity index (χ0v) is 10.7. The highest BCUT2D eigenvalue weighted by atomic mass is 19.1. The van der Waals surface area contributed by atoms with Crippen LogP contribution < -0.4 is 10.6 Å². The molecule has 0 amide bonds. The highest BCUT2D eigenvalue weighted by Crippen LogP contribution is 2.28. The molecular formula is C13H21FN2O. The summed E-state index contributed by atoms with van der Waals surface area (Å²) in [5.41, 5.74) is 7.32. The first-order valence-corrected chi connectivity index (χ1v) is 5.89. The molecule has 0 saturated heterocycles. The summed E-state index contributed by atoms with van der Waals surface area (Å²) in [5.74, 6) is -0.224. The first-order valence-electron chi connectivity index (χ1n) is 5.89. The largest absolute Gasteiger partial charge is 0.383 e. The summed E-state index contributed by atoms with van der Waals surface area (Å²) in [5, 5.41) is 0. The first kappa shape index (κ1) is 13.9. The van der Waals surface area contributed by atoms with Gasteiger partial charge >= 0.3 is 0 Å². The van der Waals surface area contributed by atoms with Crippen LogP contribution in [0.1, 0.15) is 25.5 Å². The van der Waals surface area contributed by atoms with Crippen LogP contribution in [0, 0.1) is 5.82 Å². The van der Waals surface area contributed by atoms with Gasteiger partial charge in [0, 0.05) is 26.2 Å². The number of para-hydroxylation sites is 1. The predicted octanol–water partition coefficient (Wildman–Crippen LogP) is 2.32. The van der Waals surface area contributed by atoms with Gasteiger partial charge in [-0.25, -0.2) is 4.39 Å². The van der Waals surface area contributed by atoms with E-state index in [1.54, 1.807) is 13.2 Å². The van der Waals surface area contributed by atoms with Gasteiger partial charge in [0.1, 0.15) is 5.82 Å². The van der Waals surface area contributed by atoms with Crippen LogP contribution in [0.4, 0.5) is 10.1 Å². The van der Waals surface area contributed by atoms with Gasteiger partial charge in [-0.3, -0.25) is 0 Å². The molecule has 1 rings (SSSR count). The van der Waals surface area contributed by atoms with Crippen LogP contribution in [0.2, 0.25) is 0 Å². The van der Waals surface area contributed by atoms with E-state index in [0.29, 0.717) is 18.8 Å². The average molecular weight is 240 g/mol. The molecule has 96 valence electrons. The number of halogens is 1. The number of rotatable bonds is 6. The molecule has 17 heavy (non-hydrogen) atoms. The maximum absolute atomic E-state index is 13.9. The predicted molar refractivity (Wildman–Crippen MR) is 68.8 cm³/mol. The van der Waals surface area contributed by atoms with Crippen molar-refractivity contribution in [3.8, 4) is 0 Å². The maximum Gasteiger partial charge on any atom is 0.146 e. The number of nitrogens with two attached hydrogens (primary N) is 1. The zero-order valence-electron chi connectivity index (χ0n) is 10.7. The Kier molecular flexibility index (Phi) is 5.38. The van der Waals surface area contributed by atoms with Crippen LogP contribution in [-0.2, 0) is 4.74 Å². The molecular weight excluding hydrogens is 219 g/mol. The lowest BCUT2D eigenvalue weighted by molar-refractivity contribution is 0.205. The van der Waals surface area contributed by atoms with Crippen LogP contribution in [0.5, 0.6) is 0 Å². The van der Waals surface area contributed by atoms with Crippen molar-refractivity contribution in [2.75, 3.05) is 31.7 Å². The first-order chi connectivity index (χ1) is 8.11. The monoisotopic (exact) mass is 240 g/mol. The second kappa shape index (κ2) is 6.57. The van der Waals surface area contributed by atoms with Crippen LogP contribution in [0.3, 0.4) is 0 Å². The number of nitrogens with zero attached hydrogens (tertiary/aromatic N) is 1. The van der Waals surface area contributed by atoms with Gasteiger partial charge in [0.25, 0.3) is 0 Å². The lowest BCUT2D eigenvalue weighted by Gasteiger charge is -2.27. The normalized spacial score (nSPS) is 12.5. The number of hydrogen-bond acceptors (Lipinski definition) is 3. The van der Waals surface area contributed by atoms with E-state index in [2.05, 4.69) is 0 Å². The number of benzene rings is 1. The molecule has 0 spiro atoms. The van der Waals surface area contributed by atoms with E-state index in [4.69, 9.17) is 10.5 Å². The molecule has 1 atom stereocenters. The molecule has 0 aliphatic rings. The van der Waals surface area contributed by atoms with Gasteiger partial charge in [0.15, 0.2) is 0 Å². The van der Waals surface area contributed by atoms with Crippen molar-refractivity contribution in [3.63, 3.8) is 0 Å². The fraction of sp³-hybridized carbons (Fsp3) is 0.538. The molecule has 0 aliphatic heterocycles. The number of ether oxygens (including phenoxy) is 1. The van der Waals surface area contributed by atoms with E-state index < -0.39 is 0 Å². The van der Waals surface area contributed by atoms with Crippen molar-refractivity contribution in [2.24, 2.45) is 5.73 Å². The van der Waals surface area contributed by atoms with E-state index >= 15 is 0 Å². The van der Waals surface area contributed by atoms with Crippen molar-refractivity contribution in [1.82, 2.24) is 0 Å². The number of methoxy groups -OCH3 is 1. The van der Waals surface area contributed by atoms with Crippen molar-refractivity contribution >= 4 is 5.69 Å². The fourth-order valence-corrected chi connectivity index (χ4v) is 1.86. The molecule has 2 N–H and O–H groups in total. The van der Waals surface area contributed by atoms with Crippen LogP contribution >= 0.6 is 0 Å². The number of hydrogen-bond donors (Lipinski definition) is 1. The van der Waals surface area contributed by atoms with E-state index in [0.717, 1.165) is 12.1 Å². The van der Waals surface area contributed by atoms with Gasteiger partial charge in [-0.2, -0.15) is 0 Å². The zero-order chi connectivity index (χ0) is 12.8. The molecule has 0 aromatic heterocycles. The summed E-state index contributed by atoms with van der Waals surface area (Å²) >= 11 is 0. The molecule has 0 fully saturated rings. The smallest absolute Gasteiger partial charge is 0.146 e. The Morgan fingerprint density at radius 2 is 2.18 bits per heavy atom. The molecule has 0 radical (unpaired) electrons. The highest BCUT2D eigenvalue weighted by Gasteiger charge is 2.16. The topological polar surface area (TPSA) is 38.5 Å². The molecule has 0 bridgehead atoms. The minimum Gasteiger partial charge on any atom is -0.383 e. The quantitative estimate of drug-likeness (QED) is 0.829. The summed E-state index contributed by atoms with van der Waals surface area (Å²) in [6.45, 7) is 5.81.